The summed E-state index contributed by atoms with van der Waals surface area (Å²) in [6, 6.07) is 9.86. The molecule has 0 saturated heterocycles. The van der Waals surface area contributed by atoms with Crippen molar-refractivity contribution >= 4 is 28.4 Å². The van der Waals surface area contributed by atoms with Crippen LogP contribution in [-0.2, 0) is 6.54 Å². The van der Waals surface area contributed by atoms with Crippen molar-refractivity contribution in [3.8, 4) is 16.9 Å². The number of halogens is 2. The summed E-state index contributed by atoms with van der Waals surface area (Å²) >= 11 is 6.14. The Hall–Kier alpha value is -3.45. The zero-order chi connectivity index (χ0) is 24.0. The molecule has 0 radical (unpaired) electrons. The lowest BCUT2D eigenvalue weighted by molar-refractivity contribution is 0.0784. The first-order valence-electron chi connectivity index (χ1n) is 11.1. The first-order chi connectivity index (χ1) is 16.3. The Morgan fingerprint density at radius 3 is 2.76 bits per heavy atom. The molecule has 4 aromatic rings. The number of amides is 1. The van der Waals surface area contributed by atoms with E-state index in [9.17, 15) is 4.79 Å². The summed E-state index contributed by atoms with van der Waals surface area (Å²) in [4.78, 5) is 19.5. The summed E-state index contributed by atoms with van der Waals surface area (Å²) in [5.41, 5.74) is 4.56. The number of benzene rings is 2. The molecule has 8 heteroatoms. The Morgan fingerprint density at radius 1 is 1.24 bits per heavy atom. The fourth-order valence-electron chi connectivity index (χ4n) is 4.16. The van der Waals surface area contributed by atoms with Crippen molar-refractivity contribution in [3.05, 3.63) is 75.9 Å². The number of hydrogen-bond donors (Lipinski definition) is 1. The highest BCUT2D eigenvalue weighted by molar-refractivity contribution is 6.30. The number of aromatic nitrogens is 3. The molecule has 174 valence electrons. The highest BCUT2D eigenvalue weighted by Gasteiger charge is 2.28. The molecule has 0 unspecified atom stereocenters. The van der Waals surface area contributed by atoms with Gasteiger partial charge in [0.1, 0.15) is 11.6 Å². The minimum Gasteiger partial charge on any atom is -0.490 e. The van der Waals surface area contributed by atoms with Crippen molar-refractivity contribution in [3.63, 3.8) is 0 Å². The molecule has 1 amide bonds. The number of H-pyrrole nitrogens is 1. The van der Waals surface area contributed by atoms with Crippen molar-refractivity contribution in [1.82, 2.24) is 20.1 Å². The van der Waals surface area contributed by atoms with Crippen molar-refractivity contribution < 1.29 is 13.9 Å². The topological polar surface area (TPSA) is 71.1 Å². The van der Waals surface area contributed by atoms with Gasteiger partial charge >= 0.3 is 0 Å². The van der Waals surface area contributed by atoms with E-state index in [1.165, 1.54) is 6.07 Å². The molecule has 0 bridgehead atoms. The SMILES string of the molecule is Cc1nc(C)c2cn[nH]c2c1CN(C)C(=O)c1cc(F)c(-c2cccc(Cl)c2)c(OC2CC2)c1. The van der Waals surface area contributed by atoms with E-state index < -0.39 is 5.82 Å². The number of carbonyl (C=O) groups excluding carboxylic acids is 1. The molecular formula is C26H24ClFN4O2. The Morgan fingerprint density at radius 2 is 2.03 bits per heavy atom. The molecule has 1 aliphatic carbocycles. The quantitative estimate of drug-likeness (QED) is 0.377. The number of rotatable bonds is 6. The lowest BCUT2D eigenvalue weighted by Gasteiger charge is -2.21. The van der Waals surface area contributed by atoms with E-state index in [0.717, 1.165) is 40.7 Å². The van der Waals surface area contributed by atoms with E-state index in [4.69, 9.17) is 16.3 Å². The van der Waals surface area contributed by atoms with Crippen LogP contribution in [0.15, 0.2) is 42.6 Å². The number of nitrogens with zero attached hydrogens (tertiary/aromatic N) is 3. The van der Waals surface area contributed by atoms with Gasteiger partial charge in [0.05, 0.1) is 23.4 Å². The molecule has 6 nitrogen and oxygen atoms in total. The highest BCUT2D eigenvalue weighted by atomic mass is 35.5. The zero-order valence-electron chi connectivity index (χ0n) is 19.2. The lowest BCUT2D eigenvalue weighted by atomic mass is 10.0. The van der Waals surface area contributed by atoms with Crippen LogP contribution in [0.2, 0.25) is 5.02 Å². The molecule has 1 fully saturated rings. The maximum Gasteiger partial charge on any atom is 0.254 e. The van der Waals surface area contributed by atoms with Crippen LogP contribution < -0.4 is 4.74 Å². The summed E-state index contributed by atoms with van der Waals surface area (Å²) in [7, 11) is 1.69. The van der Waals surface area contributed by atoms with Gasteiger partial charge in [-0.3, -0.25) is 14.9 Å². The number of aryl methyl sites for hydroxylation is 2. The summed E-state index contributed by atoms with van der Waals surface area (Å²) in [6.07, 6.45) is 3.59. The van der Waals surface area contributed by atoms with Crippen molar-refractivity contribution in [2.24, 2.45) is 0 Å². The normalized spacial score (nSPS) is 13.3. The monoisotopic (exact) mass is 478 g/mol. The summed E-state index contributed by atoms with van der Waals surface area (Å²) in [5.74, 6) is -0.489. The first-order valence-corrected chi connectivity index (χ1v) is 11.5. The van der Waals surface area contributed by atoms with Crippen LogP contribution in [0.5, 0.6) is 5.75 Å². The number of fused-ring (bicyclic) bond motifs is 1. The zero-order valence-corrected chi connectivity index (χ0v) is 19.9. The van der Waals surface area contributed by atoms with Crippen LogP contribution >= 0.6 is 11.6 Å². The molecule has 0 spiro atoms. The Labute approximate surface area is 201 Å². The summed E-state index contributed by atoms with van der Waals surface area (Å²) in [5, 5.41) is 8.56. The lowest BCUT2D eigenvalue weighted by Crippen LogP contribution is -2.27. The van der Waals surface area contributed by atoms with E-state index in [1.54, 1.807) is 48.5 Å². The van der Waals surface area contributed by atoms with Crippen LogP contribution in [0.4, 0.5) is 4.39 Å². The molecule has 1 aliphatic rings. The van der Waals surface area contributed by atoms with Gasteiger partial charge in [0, 0.05) is 46.5 Å². The largest absolute Gasteiger partial charge is 0.490 e. The average molecular weight is 479 g/mol. The summed E-state index contributed by atoms with van der Waals surface area (Å²) in [6.45, 7) is 4.13. The highest BCUT2D eigenvalue weighted by Crippen LogP contribution is 2.38. The molecule has 0 atom stereocenters. The maximum atomic E-state index is 15.4. The fourth-order valence-corrected chi connectivity index (χ4v) is 4.35. The molecule has 0 aliphatic heterocycles. The Bertz CT molecular complexity index is 1410. The van der Waals surface area contributed by atoms with Gasteiger partial charge in [-0.2, -0.15) is 5.10 Å². The van der Waals surface area contributed by atoms with Crippen LogP contribution in [0, 0.1) is 19.7 Å². The molecule has 2 heterocycles. The Kier molecular flexibility index (Phi) is 5.73. The molecule has 2 aromatic carbocycles. The van der Waals surface area contributed by atoms with E-state index in [0.29, 0.717) is 28.4 Å². The third kappa shape index (κ3) is 4.23. The van der Waals surface area contributed by atoms with Crippen LogP contribution in [0.3, 0.4) is 0 Å². The number of ether oxygens (including phenoxy) is 1. The average Bonchev–Trinajstić information content (AvgIpc) is 3.46. The smallest absolute Gasteiger partial charge is 0.254 e. The van der Waals surface area contributed by atoms with Gasteiger partial charge in [0.15, 0.2) is 0 Å². The second-order valence-electron chi connectivity index (χ2n) is 8.74. The maximum absolute atomic E-state index is 15.4. The van der Waals surface area contributed by atoms with E-state index in [-0.39, 0.29) is 17.6 Å². The van der Waals surface area contributed by atoms with Gasteiger partial charge in [0.25, 0.3) is 5.91 Å². The standard InChI is InChI=1S/C26H24ClFN4O2/c1-14-20-12-29-31-25(20)21(15(2)30-14)13-32(3)26(33)17-10-22(28)24(16-5-4-6-18(27)9-16)23(11-17)34-19-7-8-19/h4-6,9-12,19H,7-8,13H2,1-3H3,(H,29,31). The van der Waals surface area contributed by atoms with Gasteiger partial charge < -0.3 is 9.64 Å². The van der Waals surface area contributed by atoms with Gasteiger partial charge in [-0.1, -0.05) is 23.7 Å². The predicted molar refractivity (Wildman–Crippen MR) is 130 cm³/mol. The van der Waals surface area contributed by atoms with Crippen LogP contribution in [-0.4, -0.2) is 39.1 Å². The second-order valence-corrected chi connectivity index (χ2v) is 9.18. The number of nitrogens with one attached hydrogen (secondary N) is 1. The van der Waals surface area contributed by atoms with Crippen molar-refractivity contribution in [1.29, 1.82) is 0 Å². The number of hydrogen-bond acceptors (Lipinski definition) is 4. The molecule has 2 aromatic heterocycles. The van der Waals surface area contributed by atoms with E-state index in [1.807, 2.05) is 13.8 Å². The predicted octanol–water partition coefficient (Wildman–Crippen LogP) is 5.85. The van der Waals surface area contributed by atoms with Gasteiger partial charge in [-0.15, -0.1) is 0 Å². The van der Waals surface area contributed by atoms with E-state index >= 15 is 4.39 Å². The van der Waals surface area contributed by atoms with Crippen molar-refractivity contribution in [2.45, 2.75) is 39.3 Å². The molecule has 1 N–H and O–H groups in total. The minimum atomic E-state index is -0.527. The van der Waals surface area contributed by atoms with Gasteiger partial charge in [-0.05, 0) is 56.5 Å². The fraction of sp³-hybridized carbons (Fsp3) is 0.269. The number of pyridine rings is 1. The molecule has 34 heavy (non-hydrogen) atoms. The molecule has 1 saturated carbocycles. The third-order valence-electron chi connectivity index (χ3n) is 6.08. The van der Waals surface area contributed by atoms with Crippen LogP contribution in [0.1, 0.15) is 40.2 Å². The van der Waals surface area contributed by atoms with Crippen LogP contribution in [0.25, 0.3) is 22.0 Å². The first kappa shape index (κ1) is 22.3. The summed E-state index contributed by atoms with van der Waals surface area (Å²) < 4.78 is 21.4. The second kappa shape index (κ2) is 8.72. The van der Waals surface area contributed by atoms with Gasteiger partial charge in [-0.25, -0.2) is 4.39 Å². The van der Waals surface area contributed by atoms with Gasteiger partial charge in [0.2, 0.25) is 0 Å². The third-order valence-corrected chi connectivity index (χ3v) is 6.31. The molecule has 5 rings (SSSR count). The minimum absolute atomic E-state index is 0.0374. The molecular weight excluding hydrogens is 455 g/mol. The Balaban J connectivity index is 1.49. The number of aromatic amines is 1. The van der Waals surface area contributed by atoms with Crippen molar-refractivity contribution in [2.75, 3.05) is 7.05 Å². The van der Waals surface area contributed by atoms with E-state index in [2.05, 4.69) is 15.2 Å². The number of carbonyl (C=O) groups is 1.